The summed E-state index contributed by atoms with van der Waals surface area (Å²) >= 11 is 0. The molecule has 13 heavy (non-hydrogen) atoms. The average Bonchev–Trinajstić information content (AvgIpc) is 2.03. The van der Waals surface area contributed by atoms with Crippen molar-refractivity contribution < 1.29 is 8.85 Å². The van der Waals surface area contributed by atoms with Crippen LogP contribution in [0.25, 0.3) is 0 Å². The lowest BCUT2D eigenvalue weighted by molar-refractivity contribution is 0.131. The molecule has 3 nitrogen and oxygen atoms in total. The Morgan fingerprint density at radius 1 is 1.08 bits per heavy atom. The fraction of sp³-hybridized carbons (Fsp3) is 1.00. The molecule has 0 aliphatic heterocycles. The van der Waals surface area contributed by atoms with E-state index in [0.717, 1.165) is 13.2 Å². The van der Waals surface area contributed by atoms with E-state index in [0.29, 0.717) is 5.54 Å². The molecule has 0 N–H and O–H groups in total. The number of hydrogen-bond acceptors (Lipinski definition) is 3. The summed E-state index contributed by atoms with van der Waals surface area (Å²) in [6, 6.07) is 0. The lowest BCUT2D eigenvalue weighted by Gasteiger charge is -2.37. The molecule has 80 valence electrons. The van der Waals surface area contributed by atoms with Gasteiger partial charge in [0.05, 0.1) is 0 Å². The summed E-state index contributed by atoms with van der Waals surface area (Å²) in [6.07, 6.45) is 0. The third kappa shape index (κ3) is 3.05. The van der Waals surface area contributed by atoms with Crippen molar-refractivity contribution in [3.8, 4) is 0 Å². The highest BCUT2D eigenvalue weighted by molar-refractivity contribution is 6.65. The predicted molar refractivity (Wildman–Crippen MR) is 57.8 cm³/mol. The molecule has 0 rings (SSSR count). The number of rotatable bonds is 6. The summed E-state index contributed by atoms with van der Waals surface area (Å²) in [5, 5.41) is 0. The largest absolute Gasteiger partial charge is 0.430 e. The van der Waals surface area contributed by atoms with E-state index in [1.165, 1.54) is 0 Å². The highest BCUT2D eigenvalue weighted by Crippen LogP contribution is 2.25. The van der Waals surface area contributed by atoms with Crippen LogP contribution in [-0.2, 0) is 8.85 Å². The summed E-state index contributed by atoms with van der Waals surface area (Å²) < 4.78 is 13.8. The monoisotopic (exact) mass is 205 g/mol. The zero-order valence-electron chi connectivity index (χ0n) is 9.76. The van der Waals surface area contributed by atoms with Crippen molar-refractivity contribution in [2.24, 2.45) is 0 Å². The Bertz CT molecular complexity index is 124. The molecule has 0 heterocycles. The molecule has 0 fully saturated rings. The minimum Gasteiger partial charge on any atom is -0.383 e. The Balaban J connectivity index is 4.59. The van der Waals surface area contributed by atoms with Crippen molar-refractivity contribution >= 4 is 8.72 Å². The van der Waals surface area contributed by atoms with Crippen LogP contribution in [0.15, 0.2) is 0 Å². The summed E-state index contributed by atoms with van der Waals surface area (Å²) in [4.78, 5) is 0. The standard InChI is InChI=1S/C9H23NO2Si/c1-7-11-13(9(3)4,10(5)6)12-8-2/h9H,7-8H2,1-6H3. The Labute approximate surface area is 83.4 Å². The van der Waals surface area contributed by atoms with Gasteiger partial charge in [-0.1, -0.05) is 13.8 Å². The maximum Gasteiger partial charge on any atom is 0.430 e. The maximum atomic E-state index is 5.84. The van der Waals surface area contributed by atoms with E-state index >= 15 is 0 Å². The smallest absolute Gasteiger partial charge is 0.383 e. The fourth-order valence-electron chi connectivity index (χ4n) is 1.56. The van der Waals surface area contributed by atoms with Crippen LogP contribution in [-0.4, -0.2) is 40.6 Å². The lowest BCUT2D eigenvalue weighted by atomic mass is 10.6. The molecule has 0 aromatic carbocycles. The Morgan fingerprint density at radius 3 is 1.62 bits per heavy atom. The first kappa shape index (κ1) is 13.1. The van der Waals surface area contributed by atoms with Gasteiger partial charge in [-0.15, -0.1) is 0 Å². The number of hydrogen-bond donors (Lipinski definition) is 0. The van der Waals surface area contributed by atoms with E-state index < -0.39 is 8.72 Å². The van der Waals surface area contributed by atoms with E-state index in [-0.39, 0.29) is 0 Å². The first-order chi connectivity index (χ1) is 6.01. The molecule has 0 saturated carbocycles. The summed E-state index contributed by atoms with van der Waals surface area (Å²) in [7, 11) is 1.96. The zero-order chi connectivity index (χ0) is 10.5. The van der Waals surface area contributed by atoms with Crippen LogP contribution >= 0.6 is 0 Å². The summed E-state index contributed by atoms with van der Waals surface area (Å²) in [5.41, 5.74) is 0.447. The van der Waals surface area contributed by atoms with Crippen LogP contribution < -0.4 is 0 Å². The van der Waals surface area contributed by atoms with E-state index in [1.807, 2.05) is 27.9 Å². The molecule has 0 radical (unpaired) electrons. The lowest BCUT2D eigenvalue weighted by Crippen LogP contribution is -2.57. The Morgan fingerprint density at radius 2 is 1.46 bits per heavy atom. The molecular weight excluding hydrogens is 182 g/mol. The van der Waals surface area contributed by atoms with Gasteiger partial charge in [-0.25, -0.2) is 0 Å². The van der Waals surface area contributed by atoms with Crippen LogP contribution in [0.2, 0.25) is 5.54 Å². The quantitative estimate of drug-likeness (QED) is 0.619. The molecule has 0 aromatic rings. The van der Waals surface area contributed by atoms with Gasteiger partial charge in [-0.05, 0) is 27.9 Å². The highest BCUT2D eigenvalue weighted by Gasteiger charge is 2.44. The van der Waals surface area contributed by atoms with Crippen molar-refractivity contribution in [1.82, 2.24) is 4.57 Å². The van der Waals surface area contributed by atoms with Gasteiger partial charge in [0.2, 0.25) is 0 Å². The molecule has 0 amide bonds. The molecule has 0 unspecified atom stereocenters. The maximum absolute atomic E-state index is 5.84. The van der Waals surface area contributed by atoms with Crippen molar-refractivity contribution in [2.45, 2.75) is 33.2 Å². The first-order valence-electron chi connectivity index (χ1n) is 4.96. The molecule has 0 aromatic heterocycles. The molecule has 0 bridgehead atoms. The fourth-order valence-corrected chi connectivity index (χ4v) is 4.69. The van der Waals surface area contributed by atoms with Crippen molar-refractivity contribution in [1.29, 1.82) is 0 Å². The second-order valence-electron chi connectivity index (χ2n) is 3.55. The Hall–Kier alpha value is 0.0969. The third-order valence-corrected chi connectivity index (χ3v) is 6.17. The van der Waals surface area contributed by atoms with E-state index in [2.05, 4.69) is 18.4 Å². The van der Waals surface area contributed by atoms with E-state index in [1.54, 1.807) is 0 Å². The summed E-state index contributed by atoms with van der Waals surface area (Å²) in [5.74, 6) is 0. The SMILES string of the molecule is CCO[Si](OCC)(C(C)C)N(C)C. The van der Waals surface area contributed by atoms with Gasteiger partial charge < -0.3 is 8.85 Å². The van der Waals surface area contributed by atoms with Crippen molar-refractivity contribution in [2.75, 3.05) is 27.3 Å². The zero-order valence-corrected chi connectivity index (χ0v) is 10.8. The van der Waals surface area contributed by atoms with E-state index in [4.69, 9.17) is 8.85 Å². The molecule has 0 aliphatic rings. The molecule has 4 heteroatoms. The molecule has 0 atom stereocenters. The second kappa shape index (κ2) is 5.75. The minimum absolute atomic E-state index is 0.447. The van der Waals surface area contributed by atoms with Crippen LogP contribution in [0.1, 0.15) is 27.7 Å². The van der Waals surface area contributed by atoms with Crippen LogP contribution in [0.4, 0.5) is 0 Å². The van der Waals surface area contributed by atoms with Gasteiger partial charge in [0.15, 0.2) is 0 Å². The van der Waals surface area contributed by atoms with Gasteiger partial charge in [-0.3, -0.25) is 4.57 Å². The molecular formula is C9H23NO2Si. The first-order valence-corrected chi connectivity index (χ1v) is 6.80. The van der Waals surface area contributed by atoms with Crippen LogP contribution in [0, 0.1) is 0 Å². The minimum atomic E-state index is -2.12. The van der Waals surface area contributed by atoms with Crippen LogP contribution in [0.3, 0.4) is 0 Å². The normalized spacial score (nSPS) is 12.9. The van der Waals surface area contributed by atoms with Crippen molar-refractivity contribution in [3.63, 3.8) is 0 Å². The summed E-state index contributed by atoms with van der Waals surface area (Å²) in [6.45, 7) is 9.82. The van der Waals surface area contributed by atoms with Gasteiger partial charge in [-0.2, -0.15) is 0 Å². The van der Waals surface area contributed by atoms with Gasteiger partial charge >= 0.3 is 8.72 Å². The topological polar surface area (TPSA) is 21.7 Å². The molecule has 0 saturated heterocycles. The molecule has 0 spiro atoms. The van der Waals surface area contributed by atoms with Crippen molar-refractivity contribution in [3.05, 3.63) is 0 Å². The predicted octanol–water partition coefficient (Wildman–Crippen LogP) is 1.97. The second-order valence-corrected chi connectivity index (χ2v) is 7.43. The van der Waals surface area contributed by atoms with Gasteiger partial charge in [0.1, 0.15) is 0 Å². The van der Waals surface area contributed by atoms with Gasteiger partial charge in [0, 0.05) is 18.8 Å². The van der Waals surface area contributed by atoms with E-state index in [9.17, 15) is 0 Å². The highest BCUT2D eigenvalue weighted by atomic mass is 28.4. The third-order valence-electron chi connectivity index (χ3n) is 2.06. The van der Waals surface area contributed by atoms with Gasteiger partial charge in [0.25, 0.3) is 0 Å². The number of nitrogens with zero attached hydrogens (tertiary/aromatic N) is 1. The average molecular weight is 205 g/mol. The Kier molecular flexibility index (Phi) is 5.79. The van der Waals surface area contributed by atoms with Crippen LogP contribution in [0.5, 0.6) is 0 Å². The molecule has 0 aliphatic carbocycles.